The van der Waals surface area contributed by atoms with E-state index in [-0.39, 0.29) is 72.0 Å². The number of rotatable bonds is 20. The van der Waals surface area contributed by atoms with Gasteiger partial charge in [-0.25, -0.2) is 24.4 Å². The van der Waals surface area contributed by atoms with E-state index in [0.717, 1.165) is 59.8 Å². The lowest BCUT2D eigenvalue weighted by atomic mass is 9.39. The maximum Gasteiger partial charge on any atom is 0.409 e. The fourth-order valence-corrected chi connectivity index (χ4v) is 15.3. The average molecular weight is 1190 g/mol. The largest absolute Gasteiger partial charge is 0.479 e. The first-order valence-electron chi connectivity index (χ1n) is 28.4. The molecule has 0 radical (unpaired) electrons. The standard InChI is InChI=1S/C63H68N8O14S/c1-35-42(39-17-18-43(67-49(39)55(77)78)38-16-15-37-10-7-11-40(41(37)26-38)54(76)69-58-68-44-12-5-6-13-47(44)86-58)27-65-71(35)34-62-29-60(2)28-61(3,30-62)32-63(31-60,33-62)83-24-22-70(4)59(81)82-23-8-9-36-14-19-46(45(25-36)66-48(72)20-21-64)84-57-52(75)50(73)51(74)53(85-57)56(79)80/h5-19,25-27,50-53,57,73-75H,20-24,28-34,64H2,1-4H3,(H,66,72)(H,77,78)(H,79,80)(H,68,69,76)/b9-8+/t50-,51-,52+,53-,57+,60?,61?,62?,63?/m0/s1. The molecule has 450 valence electrons. The van der Waals surface area contributed by atoms with Crippen LogP contribution < -0.4 is 21.1 Å². The number of pyridine rings is 1. The first-order chi connectivity index (χ1) is 41.0. The van der Waals surface area contributed by atoms with Gasteiger partial charge in [0, 0.05) is 61.1 Å². The van der Waals surface area contributed by atoms with Crippen LogP contribution in [0.25, 0.3) is 49.4 Å². The van der Waals surface area contributed by atoms with Crippen LogP contribution in [-0.4, -0.2) is 150 Å². The minimum Gasteiger partial charge on any atom is -0.479 e. The van der Waals surface area contributed by atoms with Crippen molar-refractivity contribution in [1.82, 2.24) is 24.6 Å². The van der Waals surface area contributed by atoms with E-state index in [9.17, 15) is 49.5 Å². The number of aromatic carboxylic acids is 1. The smallest absolute Gasteiger partial charge is 0.409 e. The first-order valence-corrected chi connectivity index (χ1v) is 29.3. The molecule has 4 aromatic carbocycles. The first kappa shape index (κ1) is 59.6. The highest BCUT2D eigenvalue weighted by Gasteiger charge is 2.66. The average Bonchev–Trinajstić information content (AvgIpc) is 0.767. The molecule has 7 aromatic rings. The maximum atomic E-state index is 13.7. The third kappa shape index (κ3) is 12.2. The number of carbonyl (C=O) groups excluding carboxylic acids is 3. The summed E-state index contributed by atoms with van der Waals surface area (Å²) in [6, 6.07) is 26.9. The van der Waals surface area contributed by atoms with Crippen LogP contribution >= 0.6 is 11.3 Å². The van der Waals surface area contributed by atoms with Crippen molar-refractivity contribution in [1.29, 1.82) is 0 Å². The zero-order valence-corrected chi connectivity index (χ0v) is 48.7. The van der Waals surface area contributed by atoms with Crippen LogP contribution in [0.5, 0.6) is 5.75 Å². The zero-order chi connectivity index (χ0) is 60.9. The van der Waals surface area contributed by atoms with Gasteiger partial charge < -0.3 is 60.4 Å². The molecule has 4 heterocycles. The van der Waals surface area contributed by atoms with Crippen molar-refractivity contribution in [2.75, 3.05) is 44.0 Å². The Balaban J connectivity index is 0.726. The molecule has 4 bridgehead atoms. The van der Waals surface area contributed by atoms with Gasteiger partial charge in [0.2, 0.25) is 12.2 Å². The molecule has 7 atom stereocenters. The van der Waals surface area contributed by atoms with Crippen LogP contribution in [-0.2, 0) is 30.3 Å². The minimum atomic E-state index is -1.92. The Morgan fingerprint density at radius 1 is 0.860 bits per heavy atom. The normalized spacial score (nSPS) is 25.8. The number of aliphatic hydroxyl groups excluding tert-OH is 3. The van der Waals surface area contributed by atoms with E-state index in [0.29, 0.717) is 50.6 Å². The molecule has 3 amide bonds. The van der Waals surface area contributed by atoms with E-state index >= 15 is 0 Å². The van der Waals surface area contributed by atoms with Gasteiger partial charge >= 0.3 is 18.0 Å². The molecule has 4 saturated carbocycles. The van der Waals surface area contributed by atoms with Gasteiger partial charge in [-0.2, -0.15) is 5.10 Å². The number of anilines is 2. The summed E-state index contributed by atoms with van der Waals surface area (Å²) in [5.41, 5.74) is 9.78. The molecule has 1 aliphatic heterocycles. The molecule has 0 spiro atoms. The lowest BCUT2D eigenvalue weighted by molar-refractivity contribution is -0.271. The molecule has 23 heteroatoms. The molecule has 3 aromatic heterocycles. The molecule has 4 aliphatic carbocycles. The molecule has 5 aliphatic rings. The van der Waals surface area contributed by atoms with Crippen LogP contribution in [0.1, 0.15) is 90.9 Å². The Kier molecular flexibility index (Phi) is 16.3. The van der Waals surface area contributed by atoms with Gasteiger partial charge in [-0.1, -0.05) is 73.7 Å². The van der Waals surface area contributed by atoms with Crippen molar-refractivity contribution in [2.45, 2.75) is 109 Å². The lowest BCUT2D eigenvalue weighted by Gasteiger charge is -2.69. The molecule has 12 rings (SSSR count). The number of benzene rings is 4. The van der Waals surface area contributed by atoms with Crippen LogP contribution in [0.4, 0.5) is 15.6 Å². The van der Waals surface area contributed by atoms with Crippen LogP contribution in [0.2, 0.25) is 0 Å². The predicted molar refractivity (Wildman–Crippen MR) is 319 cm³/mol. The topological polar surface area (TPSA) is 320 Å². The van der Waals surface area contributed by atoms with Gasteiger partial charge in [-0.15, -0.1) is 0 Å². The number of aliphatic carboxylic acids is 1. The van der Waals surface area contributed by atoms with E-state index in [1.807, 2.05) is 66.2 Å². The highest BCUT2D eigenvalue weighted by atomic mass is 32.1. The summed E-state index contributed by atoms with van der Waals surface area (Å²) in [6.07, 6.45) is 0.700. The number of nitrogens with one attached hydrogen (secondary N) is 2. The maximum absolute atomic E-state index is 13.7. The Bertz CT molecular complexity index is 3780. The number of hydrogen-bond acceptors (Lipinski definition) is 17. The second-order valence-corrected chi connectivity index (χ2v) is 25.2. The van der Waals surface area contributed by atoms with Crippen molar-refractivity contribution < 1.29 is 68.5 Å². The predicted octanol–water partition coefficient (Wildman–Crippen LogP) is 8.11. The van der Waals surface area contributed by atoms with E-state index in [4.69, 9.17) is 34.8 Å². The van der Waals surface area contributed by atoms with Crippen molar-refractivity contribution in [3.63, 3.8) is 0 Å². The second kappa shape index (κ2) is 23.6. The van der Waals surface area contributed by atoms with Gasteiger partial charge in [-0.3, -0.25) is 19.6 Å². The molecule has 86 heavy (non-hydrogen) atoms. The quantitative estimate of drug-likeness (QED) is 0.0357. The fourth-order valence-electron chi connectivity index (χ4n) is 14.4. The molecule has 1 saturated heterocycles. The van der Waals surface area contributed by atoms with E-state index < -0.39 is 60.2 Å². The van der Waals surface area contributed by atoms with E-state index in [1.54, 1.807) is 49.7 Å². The van der Waals surface area contributed by atoms with Gasteiger partial charge in [0.15, 0.2) is 16.9 Å². The van der Waals surface area contributed by atoms with Crippen molar-refractivity contribution >= 4 is 79.1 Å². The number of nitrogens with zero attached hydrogens (tertiary/aromatic N) is 5. The number of carboxylic acids is 2. The summed E-state index contributed by atoms with van der Waals surface area (Å²) in [4.78, 5) is 75.1. The molecular formula is C63H68N8O14S. The number of fused-ring (bicyclic) bond motifs is 2. The van der Waals surface area contributed by atoms with Crippen molar-refractivity contribution in [3.8, 4) is 28.1 Å². The lowest BCUT2D eigenvalue weighted by Crippen LogP contribution is -2.64. The second-order valence-electron chi connectivity index (χ2n) is 24.2. The van der Waals surface area contributed by atoms with Crippen LogP contribution in [0, 0.1) is 23.2 Å². The molecule has 2 unspecified atom stereocenters. The third-order valence-corrected chi connectivity index (χ3v) is 18.0. The SMILES string of the molecule is Cc1c(-c2ccc(-c3ccc4cccc(C(=O)Nc5nc6ccccc6s5)c4c3)nc2C(=O)O)cnn1CC12CC3(C)CC(C)(C1)CC(OCCN(C)C(=O)OC/C=C/c1ccc(O[C@@H]4O[C@H](C(=O)O)[C@@H](O)[C@H](O)[C@H]4O)c(NC(=O)CCN)c1)(C3)C2. The van der Waals surface area contributed by atoms with Crippen molar-refractivity contribution in [2.24, 2.45) is 22.0 Å². The number of carboxylic acid groups (broad SMARTS) is 2. The monoisotopic (exact) mass is 1190 g/mol. The molecule has 22 nitrogen and oxygen atoms in total. The number of aromatic nitrogens is 4. The Morgan fingerprint density at radius 3 is 2.38 bits per heavy atom. The van der Waals surface area contributed by atoms with Gasteiger partial charge in [0.25, 0.3) is 5.91 Å². The third-order valence-electron chi connectivity index (χ3n) is 17.0. The molecule has 5 fully saturated rings. The summed E-state index contributed by atoms with van der Waals surface area (Å²) in [5, 5.41) is 63.6. The molecular weight excluding hydrogens is 1120 g/mol. The Hall–Kier alpha value is -8.16. The number of amides is 3. The minimum absolute atomic E-state index is 0.000631. The summed E-state index contributed by atoms with van der Waals surface area (Å²) in [5.74, 6) is -3.58. The van der Waals surface area contributed by atoms with Gasteiger partial charge in [0.1, 0.15) is 30.7 Å². The number of ether oxygens (including phenoxy) is 4. The van der Waals surface area contributed by atoms with Crippen molar-refractivity contribution in [3.05, 3.63) is 126 Å². The van der Waals surface area contributed by atoms with E-state index in [2.05, 4.69) is 29.5 Å². The summed E-state index contributed by atoms with van der Waals surface area (Å²) >= 11 is 1.39. The summed E-state index contributed by atoms with van der Waals surface area (Å²) in [6.45, 7) is 7.78. The number of nitrogens with two attached hydrogens (primary N) is 1. The Morgan fingerprint density at radius 2 is 1.64 bits per heavy atom. The van der Waals surface area contributed by atoms with Gasteiger partial charge in [-0.05, 0) is 133 Å². The number of carbonyl (C=O) groups is 5. The summed E-state index contributed by atoms with van der Waals surface area (Å²) < 4.78 is 26.5. The number of aliphatic hydroxyl groups is 3. The number of hydrogen-bond donors (Lipinski definition) is 8. The van der Waals surface area contributed by atoms with Gasteiger partial charge in [0.05, 0.1) is 40.0 Å². The molecule has 9 N–H and O–H groups in total. The van der Waals surface area contributed by atoms with Crippen LogP contribution in [0.3, 0.4) is 0 Å². The fraction of sp³-hybridized carbons (Fsp3) is 0.397. The highest BCUT2D eigenvalue weighted by Crippen LogP contribution is 2.72. The summed E-state index contributed by atoms with van der Waals surface area (Å²) in [7, 11) is 1.64. The highest BCUT2D eigenvalue weighted by molar-refractivity contribution is 7.22. The number of para-hydroxylation sites is 1. The zero-order valence-electron chi connectivity index (χ0n) is 47.9. The Labute approximate surface area is 498 Å². The van der Waals surface area contributed by atoms with Crippen LogP contribution in [0.15, 0.2) is 103 Å². The number of likely N-dealkylation sites (N-methyl/N-ethyl adjacent to an activating group) is 1. The number of thiazole rings is 1. The van der Waals surface area contributed by atoms with E-state index in [1.165, 1.54) is 28.4 Å².